The molecule has 1 spiro atoms. The molecule has 1 atom stereocenters. The lowest BCUT2D eigenvalue weighted by Crippen LogP contribution is -2.34. The Hall–Kier alpha value is 0.490. The zero-order valence-corrected chi connectivity index (χ0v) is 27.5. The Labute approximate surface area is 257 Å². The number of fused-ring (bicyclic) bond motifs is 6. The molecule has 2 aliphatic rings. The van der Waals surface area contributed by atoms with Crippen LogP contribution in [0.25, 0.3) is 0 Å². The van der Waals surface area contributed by atoms with E-state index in [1.165, 1.54) is 6.07 Å². The molecule has 0 amide bonds. The first-order valence-electron chi connectivity index (χ1n) is 8.63. The number of carbonyl (C=O) groups excluding carboxylic acids is 1. The molecule has 13 heteroatoms. The van der Waals surface area contributed by atoms with E-state index in [0.717, 1.165) is 0 Å². The maximum absolute atomic E-state index is 13.4. The summed E-state index contributed by atoms with van der Waals surface area (Å²) in [5, 5.41) is 21.0. The predicted molar refractivity (Wildman–Crippen MR) is 154 cm³/mol. The van der Waals surface area contributed by atoms with Gasteiger partial charge in [-0.05, 0) is 121 Å². The van der Waals surface area contributed by atoms with Crippen LogP contribution in [-0.4, -0.2) is 16.2 Å². The topological polar surface area (TPSA) is 76.0 Å². The molecule has 1 unspecified atom stereocenters. The molecule has 33 heavy (non-hydrogen) atoms. The maximum atomic E-state index is 13.4. The van der Waals surface area contributed by atoms with Crippen molar-refractivity contribution < 1.29 is 24.5 Å². The Morgan fingerprint density at radius 3 is 2.15 bits per heavy atom. The standard InChI is InChI=1S/C20H4Br4Cl2I2O5/c21-9-7-8(10(22)12(24)11(9)23)20(33-19(7)31)3-1-5(25)15(29)14(28)18(3)32-17-4(20)2-6(27)16(30)13(17)26/h1-2,29-30H. The molecule has 0 fully saturated rings. The minimum Gasteiger partial charge on any atom is -0.505 e. The van der Waals surface area contributed by atoms with Gasteiger partial charge in [0.1, 0.15) is 5.02 Å². The van der Waals surface area contributed by atoms with Crippen molar-refractivity contribution >= 4 is 138 Å². The molecule has 0 aliphatic carbocycles. The number of phenols is 2. The van der Waals surface area contributed by atoms with E-state index in [4.69, 9.17) is 32.7 Å². The Bertz CT molecular complexity index is 1400. The first-order valence-corrected chi connectivity index (χ1v) is 14.7. The number of aromatic hydroxyl groups is 2. The van der Waals surface area contributed by atoms with Gasteiger partial charge in [-0.15, -0.1) is 0 Å². The van der Waals surface area contributed by atoms with Crippen molar-refractivity contribution in [1.29, 1.82) is 0 Å². The third-order valence-corrected chi connectivity index (χ3v) is 12.6. The highest BCUT2D eigenvalue weighted by molar-refractivity contribution is 14.1. The van der Waals surface area contributed by atoms with E-state index >= 15 is 0 Å². The average Bonchev–Trinajstić information content (AvgIpc) is 3.08. The Balaban J connectivity index is 2.05. The molecular formula is C20H4Br4Cl2I2O5. The van der Waals surface area contributed by atoms with Gasteiger partial charge in [0.25, 0.3) is 0 Å². The molecule has 3 aromatic carbocycles. The molecule has 2 aliphatic heterocycles. The van der Waals surface area contributed by atoms with Crippen molar-refractivity contribution in [3.63, 3.8) is 0 Å². The van der Waals surface area contributed by atoms with Gasteiger partial charge in [-0.25, -0.2) is 4.79 Å². The van der Waals surface area contributed by atoms with Gasteiger partial charge in [-0.3, -0.25) is 0 Å². The van der Waals surface area contributed by atoms with Crippen LogP contribution in [0.15, 0.2) is 30.0 Å². The molecule has 0 radical (unpaired) electrons. The number of halogens is 8. The molecule has 2 N–H and O–H groups in total. The molecule has 0 aromatic heterocycles. The number of hydrogen-bond acceptors (Lipinski definition) is 5. The number of esters is 1. The van der Waals surface area contributed by atoms with Crippen LogP contribution in [0.4, 0.5) is 0 Å². The molecular weight excluding hydrogens is 965 g/mol. The summed E-state index contributed by atoms with van der Waals surface area (Å²) in [6.07, 6.45) is 0. The van der Waals surface area contributed by atoms with Crippen LogP contribution >= 0.6 is 132 Å². The number of rotatable bonds is 0. The number of phenolic OH excluding ortho intramolecular Hbond substituents is 2. The summed E-state index contributed by atoms with van der Waals surface area (Å²) in [5.41, 5.74) is 0.0147. The van der Waals surface area contributed by atoms with Crippen molar-refractivity contribution in [2.75, 3.05) is 0 Å². The highest BCUT2D eigenvalue weighted by Crippen LogP contribution is 2.64. The van der Waals surface area contributed by atoms with E-state index in [2.05, 4.69) is 63.7 Å². The fraction of sp³-hybridized carbons (Fsp3) is 0.0500. The smallest absolute Gasteiger partial charge is 0.341 e. The van der Waals surface area contributed by atoms with Gasteiger partial charge in [0.05, 0.1) is 28.9 Å². The van der Waals surface area contributed by atoms with Crippen molar-refractivity contribution in [2.24, 2.45) is 0 Å². The summed E-state index contributed by atoms with van der Waals surface area (Å²) < 4.78 is 15.3. The summed E-state index contributed by atoms with van der Waals surface area (Å²) in [6, 6.07) is 3.15. The highest BCUT2D eigenvalue weighted by Gasteiger charge is 2.57. The zero-order chi connectivity index (χ0) is 24.1. The molecule has 5 rings (SSSR count). The fourth-order valence-electron chi connectivity index (χ4n) is 3.93. The van der Waals surface area contributed by atoms with Gasteiger partial charge in [-0.1, -0.05) is 23.2 Å². The van der Waals surface area contributed by atoms with Crippen molar-refractivity contribution in [3.8, 4) is 23.0 Å². The van der Waals surface area contributed by atoms with Crippen LogP contribution in [0, 0.1) is 7.14 Å². The Morgan fingerprint density at radius 2 is 1.48 bits per heavy atom. The summed E-state index contributed by atoms with van der Waals surface area (Å²) in [5.74, 6) is -0.658. The molecule has 5 nitrogen and oxygen atoms in total. The maximum Gasteiger partial charge on any atom is 0.341 e. The van der Waals surface area contributed by atoms with E-state index in [-0.39, 0.29) is 38.6 Å². The number of hydrogen-bond donors (Lipinski definition) is 2. The van der Waals surface area contributed by atoms with Gasteiger partial charge < -0.3 is 19.7 Å². The van der Waals surface area contributed by atoms with Crippen molar-refractivity contribution in [2.45, 2.75) is 5.60 Å². The minimum atomic E-state index is -1.55. The second-order valence-electron chi connectivity index (χ2n) is 6.97. The number of carbonyl (C=O) groups is 1. The molecule has 0 bridgehead atoms. The summed E-state index contributed by atoms with van der Waals surface area (Å²) in [7, 11) is 0. The predicted octanol–water partition coefficient (Wildman–Crippen LogP) is 9.23. The van der Waals surface area contributed by atoms with E-state index in [1.807, 2.05) is 45.2 Å². The SMILES string of the molecule is O=C1OC2(c3cc(I)c(O)c(Cl)c3Oc3c2cc(Cl)c(O)c3I)c2c(Br)c(Br)c(Br)c(Br)c21. The Morgan fingerprint density at radius 1 is 0.879 bits per heavy atom. The normalized spacial score (nSPS) is 18.0. The van der Waals surface area contributed by atoms with Gasteiger partial charge in [0.2, 0.25) is 0 Å². The minimum absolute atomic E-state index is 0.0528. The van der Waals surface area contributed by atoms with E-state index in [0.29, 0.717) is 41.7 Å². The van der Waals surface area contributed by atoms with Crippen LogP contribution in [0.5, 0.6) is 23.0 Å². The third-order valence-electron chi connectivity index (χ3n) is 5.33. The summed E-state index contributed by atoms with van der Waals surface area (Å²) >= 11 is 30.9. The van der Waals surface area contributed by atoms with Crippen LogP contribution in [0.3, 0.4) is 0 Å². The van der Waals surface area contributed by atoms with Gasteiger partial charge in [0.15, 0.2) is 28.6 Å². The van der Waals surface area contributed by atoms with Crippen LogP contribution in [-0.2, 0) is 10.3 Å². The first kappa shape index (κ1) is 25.2. The second kappa shape index (κ2) is 8.52. The zero-order valence-electron chi connectivity index (χ0n) is 15.3. The lowest BCUT2D eigenvalue weighted by Gasteiger charge is -2.38. The average molecular weight is 969 g/mol. The monoisotopic (exact) mass is 963 g/mol. The third kappa shape index (κ3) is 3.31. The molecule has 0 saturated heterocycles. The lowest BCUT2D eigenvalue weighted by molar-refractivity contribution is 0.0221. The van der Waals surface area contributed by atoms with Crippen molar-refractivity contribution in [3.05, 3.63) is 69.5 Å². The van der Waals surface area contributed by atoms with E-state index in [1.54, 1.807) is 6.07 Å². The number of benzene rings is 3. The molecule has 0 saturated carbocycles. The van der Waals surface area contributed by atoms with Crippen LogP contribution in [0.2, 0.25) is 10.0 Å². The largest absolute Gasteiger partial charge is 0.505 e. The highest BCUT2D eigenvalue weighted by atomic mass is 127. The summed E-state index contributed by atoms with van der Waals surface area (Å²) in [4.78, 5) is 13.4. The lowest BCUT2D eigenvalue weighted by atomic mass is 9.77. The van der Waals surface area contributed by atoms with Crippen LogP contribution in [0.1, 0.15) is 27.0 Å². The van der Waals surface area contributed by atoms with Crippen molar-refractivity contribution in [1.82, 2.24) is 0 Å². The van der Waals surface area contributed by atoms with E-state index in [9.17, 15) is 15.0 Å². The van der Waals surface area contributed by atoms with E-state index < -0.39 is 11.6 Å². The van der Waals surface area contributed by atoms with Crippen LogP contribution < -0.4 is 4.74 Å². The van der Waals surface area contributed by atoms with Gasteiger partial charge in [0, 0.05) is 23.5 Å². The molecule has 170 valence electrons. The fourth-order valence-corrected chi connectivity index (χ4v) is 8.52. The van der Waals surface area contributed by atoms with Gasteiger partial charge in [-0.2, -0.15) is 0 Å². The quantitative estimate of drug-likeness (QED) is 0.102. The first-order chi connectivity index (χ1) is 15.4. The summed E-state index contributed by atoms with van der Waals surface area (Å²) in [6.45, 7) is 0. The van der Waals surface area contributed by atoms with Gasteiger partial charge >= 0.3 is 5.97 Å². The molecule has 2 heterocycles. The number of ether oxygens (including phenoxy) is 2. The second-order valence-corrected chi connectivity index (χ2v) is 13.2. The molecule has 3 aromatic rings. The Kier molecular flexibility index (Phi) is 6.49.